The number of rotatable bonds is 8. The van der Waals surface area contributed by atoms with Gasteiger partial charge in [0, 0.05) is 17.5 Å². The summed E-state index contributed by atoms with van der Waals surface area (Å²) in [6, 6.07) is 17.9. The highest BCUT2D eigenvalue weighted by Crippen LogP contribution is 2.34. The summed E-state index contributed by atoms with van der Waals surface area (Å²) < 4.78 is 56.2. The van der Waals surface area contributed by atoms with Crippen molar-refractivity contribution in [1.29, 1.82) is 0 Å². The van der Waals surface area contributed by atoms with E-state index in [9.17, 15) is 18.0 Å². The first kappa shape index (κ1) is 25.9. The van der Waals surface area contributed by atoms with E-state index in [2.05, 4.69) is 5.32 Å². The molecule has 38 heavy (non-hydrogen) atoms. The fraction of sp³-hybridized carbons (Fsp3) is 0.300. The Morgan fingerprint density at radius 1 is 1.00 bits per heavy atom. The number of halogens is 3. The van der Waals surface area contributed by atoms with Crippen LogP contribution in [0.25, 0.3) is 22.1 Å². The highest BCUT2D eigenvalue weighted by Gasteiger charge is 2.30. The Kier molecular flexibility index (Phi) is 7.42. The van der Waals surface area contributed by atoms with Crippen molar-refractivity contribution in [2.45, 2.75) is 37.9 Å². The standard InChI is InChI=1S/C30H28F3NO4/c1-36-24-12-13-25-26(17-19-4-10-23(11-5-19)37-16-14-22-3-2-15-34-22)28(29(35)38-27(25)18-24)20-6-8-21(9-7-20)30(31,32)33/h4-13,18,22,34H,2-3,14-17H2,1H3. The molecule has 1 fully saturated rings. The summed E-state index contributed by atoms with van der Waals surface area (Å²) in [5.41, 5.74) is 1.13. The predicted octanol–water partition coefficient (Wildman–Crippen LogP) is 6.60. The van der Waals surface area contributed by atoms with Gasteiger partial charge < -0.3 is 19.2 Å². The third kappa shape index (κ3) is 5.70. The minimum atomic E-state index is -4.47. The molecule has 5 nitrogen and oxygen atoms in total. The largest absolute Gasteiger partial charge is 0.497 e. The van der Waals surface area contributed by atoms with E-state index in [0.29, 0.717) is 46.9 Å². The minimum absolute atomic E-state index is 0.237. The van der Waals surface area contributed by atoms with Crippen molar-refractivity contribution in [1.82, 2.24) is 5.32 Å². The smallest absolute Gasteiger partial charge is 0.416 e. The van der Waals surface area contributed by atoms with Crippen LogP contribution in [0.4, 0.5) is 13.2 Å². The molecule has 0 spiro atoms. The van der Waals surface area contributed by atoms with Crippen molar-refractivity contribution in [3.05, 3.63) is 93.8 Å². The lowest BCUT2D eigenvalue weighted by molar-refractivity contribution is -0.137. The van der Waals surface area contributed by atoms with Gasteiger partial charge >= 0.3 is 11.8 Å². The molecule has 198 valence electrons. The van der Waals surface area contributed by atoms with E-state index in [1.807, 2.05) is 24.3 Å². The molecule has 3 aromatic carbocycles. The van der Waals surface area contributed by atoms with E-state index in [-0.39, 0.29) is 5.56 Å². The summed E-state index contributed by atoms with van der Waals surface area (Å²) in [6.07, 6.45) is -0.768. The first-order valence-corrected chi connectivity index (χ1v) is 12.6. The van der Waals surface area contributed by atoms with E-state index in [1.165, 1.54) is 32.1 Å². The maximum atomic E-state index is 13.2. The topological polar surface area (TPSA) is 60.7 Å². The van der Waals surface area contributed by atoms with Gasteiger partial charge in [0.05, 0.1) is 24.8 Å². The molecular formula is C30H28F3NO4. The molecule has 1 aromatic heterocycles. The van der Waals surface area contributed by atoms with Gasteiger partial charge in [-0.3, -0.25) is 0 Å². The summed E-state index contributed by atoms with van der Waals surface area (Å²) in [4.78, 5) is 13.2. The molecule has 1 aliphatic heterocycles. The number of fused-ring (bicyclic) bond motifs is 1. The Morgan fingerprint density at radius 3 is 2.39 bits per heavy atom. The fourth-order valence-corrected chi connectivity index (χ4v) is 4.90. The van der Waals surface area contributed by atoms with Gasteiger partial charge in [-0.05, 0) is 85.3 Å². The van der Waals surface area contributed by atoms with Gasteiger partial charge in [-0.1, -0.05) is 24.3 Å². The zero-order chi connectivity index (χ0) is 26.7. The molecule has 1 N–H and O–H groups in total. The number of nitrogens with one attached hydrogen (secondary N) is 1. The molecule has 8 heteroatoms. The van der Waals surface area contributed by atoms with E-state index in [4.69, 9.17) is 13.9 Å². The molecule has 1 aliphatic rings. The van der Waals surface area contributed by atoms with Crippen molar-refractivity contribution >= 4 is 11.0 Å². The first-order chi connectivity index (χ1) is 18.3. The molecule has 1 atom stereocenters. The highest BCUT2D eigenvalue weighted by atomic mass is 19.4. The molecule has 1 unspecified atom stereocenters. The number of hydrogen-bond acceptors (Lipinski definition) is 5. The maximum Gasteiger partial charge on any atom is 0.416 e. The third-order valence-corrected chi connectivity index (χ3v) is 6.93. The molecular weight excluding hydrogens is 495 g/mol. The Balaban J connectivity index is 1.47. The first-order valence-electron chi connectivity index (χ1n) is 12.6. The molecule has 0 bridgehead atoms. The van der Waals surface area contributed by atoms with Crippen LogP contribution < -0.4 is 20.4 Å². The molecule has 0 amide bonds. The summed E-state index contributed by atoms with van der Waals surface area (Å²) >= 11 is 0. The lowest BCUT2D eigenvalue weighted by Gasteiger charge is -2.14. The van der Waals surface area contributed by atoms with Gasteiger partial charge in [-0.2, -0.15) is 13.2 Å². The van der Waals surface area contributed by atoms with Crippen LogP contribution in [0.1, 0.15) is 36.0 Å². The quantitative estimate of drug-likeness (QED) is 0.264. The van der Waals surface area contributed by atoms with Crippen LogP contribution in [-0.4, -0.2) is 26.3 Å². The second kappa shape index (κ2) is 10.9. The lowest BCUT2D eigenvalue weighted by atomic mass is 9.93. The van der Waals surface area contributed by atoms with Crippen molar-refractivity contribution in [2.24, 2.45) is 0 Å². The second-order valence-electron chi connectivity index (χ2n) is 9.43. The van der Waals surface area contributed by atoms with Gasteiger partial charge in [-0.25, -0.2) is 4.79 Å². The Bertz CT molecular complexity index is 1450. The van der Waals surface area contributed by atoms with Crippen LogP contribution in [0.2, 0.25) is 0 Å². The van der Waals surface area contributed by atoms with Crippen molar-refractivity contribution < 1.29 is 27.1 Å². The summed E-state index contributed by atoms with van der Waals surface area (Å²) in [7, 11) is 1.52. The van der Waals surface area contributed by atoms with Crippen LogP contribution in [-0.2, 0) is 12.6 Å². The number of alkyl halides is 3. The predicted molar refractivity (Wildman–Crippen MR) is 140 cm³/mol. The number of methoxy groups -OCH3 is 1. The molecule has 1 saturated heterocycles. The Hall–Kier alpha value is -3.78. The Morgan fingerprint density at radius 2 is 1.74 bits per heavy atom. The highest BCUT2D eigenvalue weighted by molar-refractivity contribution is 5.88. The van der Waals surface area contributed by atoms with Crippen LogP contribution in [0.5, 0.6) is 11.5 Å². The molecule has 4 aromatic rings. The van der Waals surface area contributed by atoms with Crippen LogP contribution in [0.3, 0.4) is 0 Å². The van der Waals surface area contributed by atoms with Crippen molar-refractivity contribution in [3.8, 4) is 22.6 Å². The number of hydrogen-bond donors (Lipinski definition) is 1. The van der Waals surface area contributed by atoms with Crippen molar-refractivity contribution in [2.75, 3.05) is 20.3 Å². The van der Waals surface area contributed by atoms with E-state index < -0.39 is 17.4 Å². The van der Waals surface area contributed by atoms with Crippen LogP contribution in [0.15, 0.2) is 75.9 Å². The SMILES string of the molecule is COc1ccc2c(Cc3ccc(OCCC4CCCN4)cc3)c(-c3ccc(C(F)(F)F)cc3)c(=O)oc2c1. The molecule has 5 rings (SSSR count). The van der Waals surface area contributed by atoms with Gasteiger partial charge in [0.15, 0.2) is 0 Å². The fourth-order valence-electron chi connectivity index (χ4n) is 4.90. The zero-order valence-corrected chi connectivity index (χ0v) is 20.9. The van der Waals surface area contributed by atoms with Gasteiger partial charge in [0.1, 0.15) is 17.1 Å². The maximum absolute atomic E-state index is 13.2. The molecule has 2 heterocycles. The van der Waals surface area contributed by atoms with Crippen LogP contribution >= 0.6 is 0 Å². The van der Waals surface area contributed by atoms with Crippen molar-refractivity contribution in [3.63, 3.8) is 0 Å². The van der Waals surface area contributed by atoms with Gasteiger partial charge in [-0.15, -0.1) is 0 Å². The zero-order valence-electron chi connectivity index (χ0n) is 20.9. The summed E-state index contributed by atoms with van der Waals surface area (Å²) in [5, 5.41) is 4.14. The average molecular weight is 524 g/mol. The third-order valence-electron chi connectivity index (χ3n) is 6.93. The van der Waals surface area contributed by atoms with E-state index >= 15 is 0 Å². The summed E-state index contributed by atoms with van der Waals surface area (Å²) in [6.45, 7) is 1.69. The number of benzene rings is 3. The molecule has 0 aliphatic carbocycles. The minimum Gasteiger partial charge on any atom is -0.497 e. The summed E-state index contributed by atoms with van der Waals surface area (Å²) in [5.74, 6) is 1.29. The van der Waals surface area contributed by atoms with Gasteiger partial charge in [0.25, 0.3) is 0 Å². The monoisotopic (exact) mass is 523 g/mol. The normalized spacial score (nSPS) is 15.6. The van der Waals surface area contributed by atoms with Gasteiger partial charge in [0.2, 0.25) is 0 Å². The van der Waals surface area contributed by atoms with Crippen LogP contribution in [0, 0.1) is 0 Å². The second-order valence-corrected chi connectivity index (χ2v) is 9.43. The Labute approximate surface area is 218 Å². The van der Waals surface area contributed by atoms with E-state index in [0.717, 1.165) is 36.4 Å². The lowest BCUT2D eigenvalue weighted by Crippen LogP contribution is -2.23. The molecule has 0 saturated carbocycles. The number of ether oxygens (including phenoxy) is 2. The van der Waals surface area contributed by atoms with E-state index in [1.54, 1.807) is 18.2 Å². The average Bonchev–Trinajstić information content (AvgIpc) is 3.42. The molecule has 0 radical (unpaired) electrons.